The number of aliphatic hydroxyl groups excluding tert-OH is 2. The van der Waals surface area contributed by atoms with Crippen LogP contribution in [-0.2, 0) is 25.0 Å². The molecule has 2 aromatic rings. The van der Waals surface area contributed by atoms with E-state index in [1.54, 1.807) is 4.98 Å². The number of H-pyrrole nitrogens is 1. The second kappa shape index (κ2) is 7.57. The van der Waals surface area contributed by atoms with Crippen LogP contribution in [0.2, 0.25) is 5.02 Å². The molecule has 1 fully saturated rings. The van der Waals surface area contributed by atoms with E-state index < -0.39 is 56.5 Å². The fraction of sp³-hybridized carbons (Fsp3) is 0.375. The summed E-state index contributed by atoms with van der Waals surface area (Å²) in [7, 11) is -4.86. The SMILES string of the molecule is [2H]C([2H])(OP1(=O)OCc2cc(Cl)ccc2O1)[C@@]1(F)O[C@@]([2H])(n2ccc(=O)[nH]c2=O)[C@H](O)[C@@H]1O. The number of nitrogens with one attached hydrogen (secondary N) is 1. The predicted octanol–water partition coefficient (Wildman–Crippen LogP) is 0.840. The first-order valence-corrected chi connectivity index (χ1v) is 10.1. The fourth-order valence-corrected chi connectivity index (χ4v) is 3.97. The summed E-state index contributed by atoms with van der Waals surface area (Å²) in [6.07, 6.45) is -7.88. The van der Waals surface area contributed by atoms with Crippen molar-refractivity contribution in [3.05, 3.63) is 61.9 Å². The molecule has 2 aliphatic rings. The number of halogens is 2. The van der Waals surface area contributed by atoms with Crippen molar-refractivity contribution < 1.29 is 41.6 Å². The van der Waals surface area contributed by atoms with Gasteiger partial charge >= 0.3 is 13.5 Å². The topological polar surface area (TPSA) is 149 Å². The molecule has 1 aromatic heterocycles. The molecule has 0 aliphatic carbocycles. The molecule has 0 spiro atoms. The Balaban J connectivity index is 1.66. The van der Waals surface area contributed by atoms with Crippen LogP contribution >= 0.6 is 19.4 Å². The third kappa shape index (κ3) is 3.83. The van der Waals surface area contributed by atoms with Crippen molar-refractivity contribution in [2.75, 3.05) is 6.56 Å². The fourth-order valence-electron chi connectivity index (χ4n) is 2.68. The van der Waals surface area contributed by atoms with Crippen molar-refractivity contribution in [3.8, 4) is 5.75 Å². The van der Waals surface area contributed by atoms with Crippen molar-refractivity contribution >= 4 is 19.4 Å². The van der Waals surface area contributed by atoms with Gasteiger partial charge in [-0.15, -0.1) is 0 Å². The number of rotatable bonds is 4. The number of aliphatic hydroxyl groups is 2. The van der Waals surface area contributed by atoms with E-state index in [1.807, 2.05) is 0 Å². The highest BCUT2D eigenvalue weighted by atomic mass is 35.5. The first-order valence-electron chi connectivity index (χ1n) is 9.72. The Morgan fingerprint density at radius 1 is 1.47 bits per heavy atom. The number of benzene rings is 1. The minimum Gasteiger partial charge on any atom is -0.404 e. The maximum absolute atomic E-state index is 15.7. The number of alkyl halides is 1. The molecule has 3 heterocycles. The van der Waals surface area contributed by atoms with Gasteiger partial charge < -0.3 is 19.5 Å². The molecular formula is C16H15ClFN2O9P. The zero-order valence-electron chi connectivity index (χ0n) is 17.7. The minimum atomic E-state index is -4.86. The quantitative estimate of drug-likeness (QED) is 0.556. The normalized spacial score (nSPS) is 37.5. The van der Waals surface area contributed by atoms with Gasteiger partial charge in [-0.25, -0.2) is 13.8 Å². The summed E-state index contributed by atoms with van der Waals surface area (Å²) in [6, 6.07) is 4.83. The second-order valence-corrected chi connectivity index (χ2v) is 8.17. The highest BCUT2D eigenvalue weighted by Crippen LogP contribution is 2.55. The van der Waals surface area contributed by atoms with Gasteiger partial charge in [-0.3, -0.25) is 23.4 Å². The number of aromatic amines is 1. The Morgan fingerprint density at radius 3 is 2.97 bits per heavy atom. The third-order valence-corrected chi connectivity index (χ3v) is 5.57. The molecule has 1 aromatic carbocycles. The zero-order valence-corrected chi connectivity index (χ0v) is 16.3. The Kier molecular flexibility index (Phi) is 4.45. The van der Waals surface area contributed by atoms with Crippen LogP contribution in [0.25, 0.3) is 0 Å². The van der Waals surface area contributed by atoms with Crippen molar-refractivity contribution in [1.29, 1.82) is 0 Å². The van der Waals surface area contributed by atoms with Crippen LogP contribution < -0.4 is 15.8 Å². The molecule has 1 saturated heterocycles. The van der Waals surface area contributed by atoms with E-state index in [4.69, 9.17) is 29.5 Å². The van der Waals surface area contributed by atoms with Gasteiger partial charge in [0, 0.05) is 22.8 Å². The van der Waals surface area contributed by atoms with Crippen LogP contribution in [0.3, 0.4) is 0 Å². The van der Waals surface area contributed by atoms with Crippen LogP contribution in [0.15, 0.2) is 40.1 Å². The summed E-state index contributed by atoms with van der Waals surface area (Å²) in [5, 5.41) is 20.8. The first-order chi connectivity index (χ1) is 15.2. The standard InChI is InChI=1S/C16H15ClFN2O9P/c17-9-1-2-10-8(5-9)6-26-30(25,29-10)27-7-16(18)13(23)12(22)14(28-16)20-4-3-11(21)19-15(20)24/h1-5,12-14,22-23H,6-7H2,(H,19,21,24)/t12-,13+,14-,16-,30?/m1/s1/i7D2,14D. The lowest BCUT2D eigenvalue weighted by Crippen LogP contribution is -2.43. The molecule has 14 heteroatoms. The van der Waals surface area contributed by atoms with E-state index in [0.29, 0.717) is 16.8 Å². The number of nitrogens with zero attached hydrogens (tertiary/aromatic N) is 1. The van der Waals surface area contributed by atoms with Gasteiger partial charge in [-0.05, 0) is 18.2 Å². The lowest BCUT2D eigenvalue weighted by molar-refractivity contribution is -0.205. The first kappa shape index (κ1) is 17.6. The Bertz CT molecular complexity index is 1280. The average molecular weight is 468 g/mol. The minimum absolute atomic E-state index is 0.0553. The van der Waals surface area contributed by atoms with Crippen molar-refractivity contribution in [1.82, 2.24) is 9.55 Å². The number of hydrogen-bond acceptors (Lipinski definition) is 9. The van der Waals surface area contributed by atoms with Gasteiger partial charge in [0.05, 0.1) is 10.7 Å². The number of phosphoric acid groups is 1. The third-order valence-electron chi connectivity index (χ3n) is 4.15. The van der Waals surface area contributed by atoms with Crippen LogP contribution in [-0.4, -0.2) is 44.4 Å². The van der Waals surface area contributed by atoms with Gasteiger partial charge in [-0.2, -0.15) is 0 Å². The number of ether oxygens (including phenoxy) is 1. The van der Waals surface area contributed by atoms with Crippen LogP contribution in [0.4, 0.5) is 4.39 Å². The van der Waals surface area contributed by atoms with E-state index in [1.165, 1.54) is 18.2 Å². The lowest BCUT2D eigenvalue weighted by atomic mass is 10.1. The summed E-state index contributed by atoms with van der Waals surface area (Å²) >= 11 is 5.83. The monoisotopic (exact) mass is 467 g/mol. The molecule has 3 N–H and O–H groups in total. The van der Waals surface area contributed by atoms with Gasteiger partial charge in [-0.1, -0.05) is 11.6 Å². The highest BCUT2D eigenvalue weighted by Gasteiger charge is 2.57. The molecule has 4 rings (SSSR count). The van der Waals surface area contributed by atoms with Crippen LogP contribution in [0.1, 0.15) is 15.9 Å². The van der Waals surface area contributed by atoms with Gasteiger partial charge in [0.2, 0.25) is 0 Å². The van der Waals surface area contributed by atoms with Crippen molar-refractivity contribution in [2.45, 2.75) is 30.9 Å². The summed E-state index contributed by atoms with van der Waals surface area (Å²) in [5.74, 6) is -4.12. The molecule has 2 aliphatic heterocycles. The molecule has 0 bridgehead atoms. The maximum Gasteiger partial charge on any atom is 0.530 e. The van der Waals surface area contributed by atoms with Crippen molar-refractivity contribution in [2.24, 2.45) is 0 Å². The number of hydrogen-bond donors (Lipinski definition) is 3. The van der Waals surface area contributed by atoms with E-state index in [-0.39, 0.29) is 10.3 Å². The molecule has 11 nitrogen and oxygen atoms in total. The van der Waals surface area contributed by atoms with Gasteiger partial charge in [0.25, 0.3) is 11.4 Å². The summed E-state index contributed by atoms with van der Waals surface area (Å²) in [4.78, 5) is 25.0. The smallest absolute Gasteiger partial charge is 0.404 e. The number of aromatic nitrogens is 2. The van der Waals surface area contributed by atoms with E-state index in [9.17, 15) is 24.4 Å². The highest BCUT2D eigenvalue weighted by molar-refractivity contribution is 7.49. The Morgan fingerprint density at radius 2 is 2.23 bits per heavy atom. The van der Waals surface area contributed by atoms with Gasteiger partial charge in [0.1, 0.15) is 24.5 Å². The van der Waals surface area contributed by atoms with Gasteiger partial charge in [0.15, 0.2) is 6.20 Å². The van der Waals surface area contributed by atoms with E-state index in [0.717, 1.165) is 6.07 Å². The second-order valence-electron chi connectivity index (χ2n) is 6.21. The number of phosphoric ester groups is 1. The molecule has 0 amide bonds. The maximum atomic E-state index is 15.7. The number of fused-ring (bicyclic) bond motifs is 1. The zero-order chi connectivity index (χ0) is 24.4. The van der Waals surface area contributed by atoms with Crippen LogP contribution in [0.5, 0.6) is 5.75 Å². The molecular weight excluding hydrogens is 450 g/mol. The summed E-state index contributed by atoms with van der Waals surface area (Å²) in [5.41, 5.74) is -1.87. The van der Waals surface area contributed by atoms with E-state index >= 15 is 4.39 Å². The molecule has 5 atom stereocenters. The molecule has 162 valence electrons. The molecule has 1 unspecified atom stereocenters. The Hall–Kier alpha value is -2.05. The van der Waals surface area contributed by atoms with E-state index in [2.05, 4.69) is 4.52 Å². The molecule has 30 heavy (non-hydrogen) atoms. The molecule has 0 radical (unpaired) electrons. The lowest BCUT2D eigenvalue weighted by Gasteiger charge is -2.28. The van der Waals surface area contributed by atoms with Crippen molar-refractivity contribution in [3.63, 3.8) is 0 Å². The predicted molar refractivity (Wildman–Crippen MR) is 97.7 cm³/mol. The summed E-state index contributed by atoms with van der Waals surface area (Å²) in [6.45, 7) is -4.27. The average Bonchev–Trinajstić information content (AvgIpc) is 2.89. The largest absolute Gasteiger partial charge is 0.530 e. The van der Waals surface area contributed by atoms with Crippen LogP contribution in [0, 0.1) is 0 Å². The molecule has 0 saturated carbocycles. The summed E-state index contributed by atoms with van der Waals surface area (Å²) < 4.78 is 72.2. The Labute approximate surface area is 176 Å².